The summed E-state index contributed by atoms with van der Waals surface area (Å²) in [7, 11) is 0. The lowest BCUT2D eigenvalue weighted by atomic mass is 9.82. The van der Waals surface area contributed by atoms with Crippen LogP contribution in [-0.4, -0.2) is 40.3 Å². The predicted molar refractivity (Wildman–Crippen MR) is 81.3 cm³/mol. The molecule has 1 unspecified atom stereocenters. The van der Waals surface area contributed by atoms with E-state index in [-0.39, 0.29) is 24.4 Å². The van der Waals surface area contributed by atoms with Crippen LogP contribution in [0.1, 0.15) is 33.6 Å². The zero-order chi connectivity index (χ0) is 16.5. The second-order valence-electron chi connectivity index (χ2n) is 6.63. The highest BCUT2D eigenvalue weighted by molar-refractivity contribution is 6.02. The Hall–Kier alpha value is -1.46. The van der Waals surface area contributed by atoms with Crippen LogP contribution in [-0.2, 0) is 14.3 Å². The fraction of sp³-hybridized carbons (Fsp3) is 0.647. The van der Waals surface area contributed by atoms with Crippen LogP contribution in [0.15, 0.2) is 24.3 Å². The second kappa shape index (κ2) is 5.97. The predicted octanol–water partition coefficient (Wildman–Crippen LogP) is 1.95. The van der Waals surface area contributed by atoms with Gasteiger partial charge in [0, 0.05) is 11.3 Å². The molecule has 2 aliphatic rings. The van der Waals surface area contributed by atoms with E-state index in [1.54, 1.807) is 19.9 Å². The highest BCUT2D eigenvalue weighted by atomic mass is 16.5. The maximum Gasteiger partial charge on any atom is 0.310 e. The van der Waals surface area contributed by atoms with Gasteiger partial charge >= 0.3 is 5.97 Å². The van der Waals surface area contributed by atoms with E-state index in [4.69, 9.17) is 9.84 Å². The van der Waals surface area contributed by atoms with Crippen molar-refractivity contribution in [3.63, 3.8) is 0 Å². The lowest BCUT2D eigenvalue weighted by Gasteiger charge is -2.26. The molecule has 2 fully saturated rings. The maximum absolute atomic E-state index is 12.9. The molecule has 4 atom stereocenters. The molecule has 1 saturated heterocycles. The number of carbonyl (C=O) groups excluding carboxylic acids is 1. The minimum Gasteiger partial charge on any atom is -0.481 e. The summed E-state index contributed by atoms with van der Waals surface area (Å²) in [6, 6.07) is 0. The van der Waals surface area contributed by atoms with Gasteiger partial charge in [-0.25, -0.2) is 0 Å². The van der Waals surface area contributed by atoms with E-state index in [0.717, 1.165) is 0 Å². The summed E-state index contributed by atoms with van der Waals surface area (Å²) in [6.07, 6.45) is 8.23. The molecule has 1 saturated carbocycles. The molecule has 1 aliphatic heterocycles. The van der Waals surface area contributed by atoms with Crippen molar-refractivity contribution in [3.8, 4) is 0 Å². The molecule has 5 heteroatoms. The number of allylic oxidation sites excluding steroid dienone is 2. The van der Waals surface area contributed by atoms with Gasteiger partial charge < -0.3 is 14.9 Å². The molecule has 0 aromatic heterocycles. The third-order valence-electron chi connectivity index (χ3n) is 4.67. The monoisotopic (exact) mass is 308 g/mol. The summed E-state index contributed by atoms with van der Waals surface area (Å²) >= 11 is 0. The molecule has 0 spiro atoms. The van der Waals surface area contributed by atoms with E-state index in [0.29, 0.717) is 12.8 Å². The van der Waals surface area contributed by atoms with Gasteiger partial charge in [0.25, 0.3) is 0 Å². The largest absolute Gasteiger partial charge is 0.481 e. The Morgan fingerprint density at radius 1 is 1.36 bits per heavy atom. The van der Waals surface area contributed by atoms with Gasteiger partial charge in [-0.1, -0.05) is 24.3 Å². The minimum absolute atomic E-state index is 0.0987. The molecule has 0 aromatic rings. The molecule has 1 heterocycles. The van der Waals surface area contributed by atoms with Gasteiger partial charge in [-0.2, -0.15) is 0 Å². The zero-order valence-electron chi connectivity index (χ0n) is 13.3. The summed E-state index contributed by atoms with van der Waals surface area (Å²) in [4.78, 5) is 24.4. The van der Waals surface area contributed by atoms with Crippen LogP contribution >= 0.6 is 0 Å². The van der Waals surface area contributed by atoms with Crippen LogP contribution in [0.5, 0.6) is 0 Å². The molecule has 22 heavy (non-hydrogen) atoms. The lowest BCUT2D eigenvalue weighted by molar-refractivity contribution is -0.151. The van der Waals surface area contributed by atoms with Crippen molar-refractivity contribution in [2.45, 2.75) is 45.3 Å². The van der Waals surface area contributed by atoms with Crippen LogP contribution in [0, 0.1) is 17.3 Å². The average molecular weight is 308 g/mol. The molecule has 2 N–H and O–H groups in total. The smallest absolute Gasteiger partial charge is 0.310 e. The number of ether oxygens (including phenoxy) is 1. The van der Waals surface area contributed by atoms with E-state index < -0.39 is 22.9 Å². The number of carboxylic acids is 1. The van der Waals surface area contributed by atoms with Crippen molar-refractivity contribution in [1.82, 2.24) is 0 Å². The van der Waals surface area contributed by atoms with Gasteiger partial charge in [-0.05, 0) is 33.6 Å². The number of hydrogen-bond donors (Lipinski definition) is 2. The third kappa shape index (κ3) is 2.63. The Morgan fingerprint density at radius 2 is 2.05 bits per heavy atom. The molecule has 2 rings (SSSR count). The topological polar surface area (TPSA) is 83.8 Å². The van der Waals surface area contributed by atoms with Gasteiger partial charge in [0.1, 0.15) is 5.60 Å². The highest BCUT2D eigenvalue weighted by Crippen LogP contribution is 2.64. The van der Waals surface area contributed by atoms with Crippen molar-refractivity contribution >= 4 is 11.8 Å². The Bertz CT molecular complexity index is 519. The van der Waals surface area contributed by atoms with Crippen LogP contribution in [0.25, 0.3) is 0 Å². The Morgan fingerprint density at radius 3 is 2.59 bits per heavy atom. The van der Waals surface area contributed by atoms with E-state index in [9.17, 15) is 14.7 Å². The van der Waals surface area contributed by atoms with Crippen LogP contribution in [0.4, 0.5) is 0 Å². The number of rotatable bonds is 7. The van der Waals surface area contributed by atoms with Crippen molar-refractivity contribution in [1.29, 1.82) is 0 Å². The van der Waals surface area contributed by atoms with Gasteiger partial charge in [-0.3, -0.25) is 9.59 Å². The number of ketones is 1. The van der Waals surface area contributed by atoms with Crippen molar-refractivity contribution in [2.75, 3.05) is 6.61 Å². The van der Waals surface area contributed by atoms with Gasteiger partial charge in [0.15, 0.2) is 5.78 Å². The fourth-order valence-electron chi connectivity index (χ4n) is 3.59. The number of aliphatic hydroxyl groups excluding tert-OH is 1. The molecule has 1 aliphatic carbocycles. The van der Waals surface area contributed by atoms with Gasteiger partial charge in [-0.15, -0.1) is 0 Å². The van der Waals surface area contributed by atoms with Crippen molar-refractivity contribution in [3.05, 3.63) is 24.3 Å². The number of aliphatic carboxylic acids is 1. The highest BCUT2D eigenvalue weighted by Gasteiger charge is 2.79. The van der Waals surface area contributed by atoms with E-state index >= 15 is 0 Å². The summed E-state index contributed by atoms with van der Waals surface area (Å²) in [6.45, 7) is 5.22. The number of carboxylic acid groups (broad SMARTS) is 1. The molecular formula is C17H24O5. The first kappa shape index (κ1) is 16.9. The molecule has 0 amide bonds. The second-order valence-corrected chi connectivity index (χ2v) is 6.63. The summed E-state index contributed by atoms with van der Waals surface area (Å²) in [5.74, 6) is -2.16. The first-order valence-electron chi connectivity index (χ1n) is 7.66. The Labute approximate surface area is 130 Å². The van der Waals surface area contributed by atoms with Gasteiger partial charge in [0.2, 0.25) is 0 Å². The van der Waals surface area contributed by atoms with E-state index in [1.807, 2.05) is 19.1 Å². The molecule has 0 radical (unpaired) electrons. The molecular weight excluding hydrogens is 284 g/mol. The van der Waals surface area contributed by atoms with Crippen LogP contribution in [0.3, 0.4) is 0 Å². The molecule has 5 nitrogen and oxygen atoms in total. The lowest BCUT2D eigenvalue weighted by Crippen LogP contribution is -2.40. The molecule has 0 bridgehead atoms. The Kier molecular flexibility index (Phi) is 4.59. The first-order chi connectivity index (χ1) is 10.3. The minimum atomic E-state index is -1.19. The van der Waals surface area contributed by atoms with Crippen LogP contribution in [0.2, 0.25) is 0 Å². The number of aliphatic hydroxyl groups is 1. The quantitative estimate of drug-likeness (QED) is 0.702. The Balaban J connectivity index is 2.22. The van der Waals surface area contributed by atoms with Crippen molar-refractivity contribution in [2.24, 2.45) is 17.3 Å². The number of Topliss-reactive ketones (excluding diaryl/α,β-unsaturated/α-hetero) is 1. The standard InChI is InChI=1S/C17H24O5/c1-4-5-7-11-10-12-13(14(19)20)17(12,22-11)15(21)16(2,3)8-6-9-18/h4-6,8,11-13,18H,7,9-10H2,1-3H3,(H,19,20)/b5-4+,8-6+/t11-,12+,13?,17+/m1/s1. The molecule has 122 valence electrons. The third-order valence-corrected chi connectivity index (χ3v) is 4.67. The van der Waals surface area contributed by atoms with Gasteiger partial charge in [0.05, 0.1) is 18.6 Å². The van der Waals surface area contributed by atoms with Crippen LogP contribution < -0.4 is 0 Å². The fourth-order valence-corrected chi connectivity index (χ4v) is 3.59. The summed E-state index contributed by atoms with van der Waals surface area (Å²) < 4.78 is 5.95. The maximum atomic E-state index is 12.9. The van der Waals surface area contributed by atoms with E-state index in [1.165, 1.54) is 6.08 Å². The zero-order valence-corrected chi connectivity index (χ0v) is 13.3. The normalized spacial score (nSPS) is 34.3. The SMILES string of the molecule is C/C=C/C[C@@H]1C[C@H]2C(C(=O)O)[C@@]2(C(=O)C(C)(C)/C=C/CO)O1. The molecule has 0 aromatic carbocycles. The van der Waals surface area contributed by atoms with Crippen molar-refractivity contribution < 1.29 is 24.5 Å². The number of hydrogen-bond acceptors (Lipinski definition) is 4. The number of fused-ring (bicyclic) bond motifs is 1. The average Bonchev–Trinajstić information content (AvgIpc) is 2.95. The summed E-state index contributed by atoms with van der Waals surface area (Å²) in [5, 5.41) is 18.3. The first-order valence-corrected chi connectivity index (χ1v) is 7.66. The van der Waals surface area contributed by atoms with E-state index in [2.05, 4.69) is 0 Å². The summed E-state index contributed by atoms with van der Waals surface area (Å²) in [5.41, 5.74) is -2.05. The number of carbonyl (C=O) groups is 2.